The van der Waals surface area contributed by atoms with Crippen LogP contribution in [0, 0.1) is 6.92 Å². The second kappa shape index (κ2) is 9.91. The average Bonchev–Trinajstić information content (AvgIpc) is 3.41. The molecule has 33 heavy (non-hydrogen) atoms. The van der Waals surface area contributed by atoms with Crippen molar-refractivity contribution in [3.8, 4) is 0 Å². The summed E-state index contributed by atoms with van der Waals surface area (Å²) in [5.74, 6) is -0.372. The van der Waals surface area contributed by atoms with Gasteiger partial charge in [-0.25, -0.2) is 0 Å². The number of hydrogen-bond acceptors (Lipinski definition) is 6. The number of rotatable bonds is 7. The number of nitrogens with zero attached hydrogens (tertiary/aromatic N) is 3. The van der Waals surface area contributed by atoms with Gasteiger partial charge in [-0.2, -0.15) is 0 Å². The van der Waals surface area contributed by atoms with Gasteiger partial charge in [0.05, 0.1) is 0 Å². The summed E-state index contributed by atoms with van der Waals surface area (Å²) in [6.45, 7) is 4.47. The fraction of sp³-hybridized carbons (Fsp3) is 0.292. The summed E-state index contributed by atoms with van der Waals surface area (Å²) >= 11 is 1.28. The number of amides is 3. The van der Waals surface area contributed by atoms with E-state index in [2.05, 4.69) is 20.8 Å². The Bertz CT molecular complexity index is 1170. The van der Waals surface area contributed by atoms with Crippen molar-refractivity contribution in [2.75, 3.05) is 22.1 Å². The molecule has 2 heterocycles. The first-order valence-electron chi connectivity index (χ1n) is 10.8. The molecule has 4 rings (SSSR count). The molecule has 0 aliphatic carbocycles. The zero-order valence-electron chi connectivity index (χ0n) is 18.5. The molecule has 170 valence electrons. The number of anilines is 3. The van der Waals surface area contributed by atoms with E-state index in [4.69, 9.17) is 0 Å². The lowest BCUT2D eigenvalue weighted by Gasteiger charge is -2.18. The normalized spacial score (nSPS) is 15.5. The number of benzene rings is 2. The van der Waals surface area contributed by atoms with Crippen LogP contribution in [0.1, 0.15) is 53.0 Å². The van der Waals surface area contributed by atoms with E-state index < -0.39 is 0 Å². The van der Waals surface area contributed by atoms with Gasteiger partial charge in [0.2, 0.25) is 16.9 Å². The summed E-state index contributed by atoms with van der Waals surface area (Å²) in [6.07, 6.45) is 1.59. The SMILES string of the molecule is CCCC(=O)Nc1ccc(C(=O)Nc2nnc(C3CC(=O)N(c4ccccc4C)C3)s2)cc1. The molecule has 8 nitrogen and oxygen atoms in total. The number of hydrogen-bond donors (Lipinski definition) is 2. The highest BCUT2D eigenvalue weighted by Crippen LogP contribution is 2.35. The van der Waals surface area contributed by atoms with Crippen molar-refractivity contribution in [1.29, 1.82) is 0 Å². The Labute approximate surface area is 196 Å². The molecule has 0 spiro atoms. The van der Waals surface area contributed by atoms with E-state index in [1.807, 2.05) is 38.1 Å². The molecule has 0 saturated carbocycles. The lowest BCUT2D eigenvalue weighted by atomic mass is 10.1. The average molecular weight is 464 g/mol. The van der Waals surface area contributed by atoms with E-state index in [1.165, 1.54) is 11.3 Å². The van der Waals surface area contributed by atoms with Crippen LogP contribution in [0.5, 0.6) is 0 Å². The molecule has 3 aromatic rings. The molecule has 0 radical (unpaired) electrons. The van der Waals surface area contributed by atoms with Gasteiger partial charge in [0.15, 0.2) is 0 Å². The van der Waals surface area contributed by atoms with Gasteiger partial charge in [0.1, 0.15) is 5.01 Å². The molecule has 1 aliphatic rings. The minimum Gasteiger partial charge on any atom is -0.326 e. The van der Waals surface area contributed by atoms with Crippen molar-refractivity contribution in [2.45, 2.75) is 39.0 Å². The summed E-state index contributed by atoms with van der Waals surface area (Å²) in [5, 5.41) is 15.0. The number of aromatic nitrogens is 2. The third kappa shape index (κ3) is 5.25. The van der Waals surface area contributed by atoms with E-state index in [0.29, 0.717) is 35.8 Å². The summed E-state index contributed by atoms with van der Waals surface area (Å²) in [6, 6.07) is 14.5. The van der Waals surface area contributed by atoms with E-state index in [0.717, 1.165) is 22.7 Å². The van der Waals surface area contributed by atoms with Crippen LogP contribution in [-0.2, 0) is 9.59 Å². The number of aryl methyl sites for hydroxylation is 1. The van der Waals surface area contributed by atoms with Crippen molar-refractivity contribution in [3.63, 3.8) is 0 Å². The Morgan fingerprint density at radius 2 is 1.85 bits per heavy atom. The summed E-state index contributed by atoms with van der Waals surface area (Å²) in [5.41, 5.74) is 3.05. The highest BCUT2D eigenvalue weighted by atomic mass is 32.1. The summed E-state index contributed by atoms with van der Waals surface area (Å²) in [7, 11) is 0. The molecule has 1 aliphatic heterocycles. The summed E-state index contributed by atoms with van der Waals surface area (Å²) in [4.78, 5) is 38.7. The molecule has 1 saturated heterocycles. The van der Waals surface area contributed by atoms with Crippen molar-refractivity contribution < 1.29 is 14.4 Å². The van der Waals surface area contributed by atoms with Gasteiger partial charge in [-0.3, -0.25) is 19.7 Å². The Kier molecular flexibility index (Phi) is 6.79. The standard InChI is InChI=1S/C24H25N5O3S/c1-3-6-20(30)25-18-11-9-16(10-12-18)22(32)26-24-28-27-23(33-24)17-13-21(31)29(14-17)19-8-5-4-7-15(19)2/h4-5,7-12,17H,3,6,13-14H2,1-2H3,(H,25,30)(H,26,28,32). The lowest BCUT2D eigenvalue weighted by Crippen LogP contribution is -2.25. The van der Waals surface area contributed by atoms with Crippen LogP contribution >= 0.6 is 11.3 Å². The topological polar surface area (TPSA) is 104 Å². The molecule has 3 amide bonds. The van der Waals surface area contributed by atoms with Crippen LogP contribution in [0.2, 0.25) is 0 Å². The van der Waals surface area contributed by atoms with Crippen molar-refractivity contribution in [1.82, 2.24) is 10.2 Å². The largest absolute Gasteiger partial charge is 0.326 e. The quantitative estimate of drug-likeness (QED) is 0.542. The maximum atomic E-state index is 12.6. The van der Waals surface area contributed by atoms with Gasteiger partial charge >= 0.3 is 0 Å². The zero-order chi connectivity index (χ0) is 23.4. The monoisotopic (exact) mass is 463 g/mol. The molecule has 2 N–H and O–H groups in total. The fourth-order valence-corrected chi connectivity index (χ4v) is 4.58. The third-order valence-corrected chi connectivity index (χ3v) is 6.45. The highest BCUT2D eigenvalue weighted by molar-refractivity contribution is 7.15. The molecule has 1 unspecified atom stereocenters. The third-order valence-electron chi connectivity index (χ3n) is 5.45. The minimum atomic E-state index is -0.312. The first-order valence-corrected chi connectivity index (χ1v) is 11.7. The molecule has 1 fully saturated rings. The summed E-state index contributed by atoms with van der Waals surface area (Å²) < 4.78 is 0. The van der Waals surface area contributed by atoms with Crippen LogP contribution in [0.25, 0.3) is 0 Å². The molecule has 9 heteroatoms. The Morgan fingerprint density at radius 3 is 2.58 bits per heavy atom. The second-order valence-electron chi connectivity index (χ2n) is 7.97. The predicted octanol–water partition coefficient (Wildman–Crippen LogP) is 4.36. The Balaban J connectivity index is 1.38. The van der Waals surface area contributed by atoms with Crippen LogP contribution in [0.4, 0.5) is 16.5 Å². The number of para-hydroxylation sites is 1. The lowest BCUT2D eigenvalue weighted by molar-refractivity contribution is -0.117. The molecule has 0 bridgehead atoms. The smallest absolute Gasteiger partial charge is 0.257 e. The first-order chi connectivity index (χ1) is 15.9. The van der Waals surface area contributed by atoms with Crippen molar-refractivity contribution in [3.05, 3.63) is 64.7 Å². The number of carbonyl (C=O) groups excluding carboxylic acids is 3. The second-order valence-corrected chi connectivity index (χ2v) is 8.98. The predicted molar refractivity (Wildman–Crippen MR) is 129 cm³/mol. The van der Waals surface area contributed by atoms with Crippen molar-refractivity contribution >= 4 is 45.6 Å². The van der Waals surface area contributed by atoms with Gasteiger partial charge < -0.3 is 10.2 Å². The molecular formula is C24H25N5O3S. The van der Waals surface area contributed by atoms with E-state index in [1.54, 1.807) is 29.2 Å². The van der Waals surface area contributed by atoms with Gasteiger partial charge in [0, 0.05) is 42.2 Å². The highest BCUT2D eigenvalue weighted by Gasteiger charge is 2.34. The fourth-order valence-electron chi connectivity index (χ4n) is 3.75. The van der Waals surface area contributed by atoms with E-state index in [-0.39, 0.29) is 23.6 Å². The first kappa shape index (κ1) is 22.6. The van der Waals surface area contributed by atoms with Gasteiger partial charge in [-0.05, 0) is 49.2 Å². The molecule has 1 atom stereocenters. The van der Waals surface area contributed by atoms with Crippen LogP contribution in [0.15, 0.2) is 48.5 Å². The van der Waals surface area contributed by atoms with Crippen molar-refractivity contribution in [2.24, 2.45) is 0 Å². The minimum absolute atomic E-state index is 0.0533. The van der Waals surface area contributed by atoms with Crippen LogP contribution in [-0.4, -0.2) is 34.5 Å². The van der Waals surface area contributed by atoms with Gasteiger partial charge in [-0.15, -0.1) is 10.2 Å². The maximum Gasteiger partial charge on any atom is 0.257 e. The van der Waals surface area contributed by atoms with Crippen LogP contribution < -0.4 is 15.5 Å². The van der Waals surface area contributed by atoms with Gasteiger partial charge in [-0.1, -0.05) is 36.5 Å². The Morgan fingerprint density at radius 1 is 1.09 bits per heavy atom. The Hall–Kier alpha value is -3.59. The molecule has 1 aromatic heterocycles. The van der Waals surface area contributed by atoms with E-state index >= 15 is 0 Å². The molecular weight excluding hydrogens is 438 g/mol. The number of carbonyl (C=O) groups is 3. The zero-order valence-corrected chi connectivity index (χ0v) is 19.3. The van der Waals surface area contributed by atoms with Gasteiger partial charge in [0.25, 0.3) is 5.91 Å². The number of nitrogens with one attached hydrogen (secondary N) is 2. The van der Waals surface area contributed by atoms with E-state index in [9.17, 15) is 14.4 Å². The van der Waals surface area contributed by atoms with Crippen LogP contribution in [0.3, 0.4) is 0 Å². The maximum absolute atomic E-state index is 12.6. The molecule has 2 aromatic carbocycles.